The van der Waals surface area contributed by atoms with E-state index in [0.29, 0.717) is 6.04 Å². The molecule has 2 aromatic carbocycles. The second-order valence-corrected chi connectivity index (χ2v) is 4.56. The molecule has 1 heteroatoms. The fourth-order valence-electron chi connectivity index (χ4n) is 2.30. The summed E-state index contributed by atoms with van der Waals surface area (Å²) in [5.74, 6) is 0. The van der Waals surface area contributed by atoms with Crippen LogP contribution in [0, 0.1) is 0 Å². The van der Waals surface area contributed by atoms with E-state index in [9.17, 15) is 0 Å². The highest BCUT2D eigenvalue weighted by atomic mass is 14.9. The van der Waals surface area contributed by atoms with Gasteiger partial charge in [-0.1, -0.05) is 56.7 Å². The summed E-state index contributed by atoms with van der Waals surface area (Å²) >= 11 is 0. The molecule has 0 aromatic heterocycles. The van der Waals surface area contributed by atoms with Crippen molar-refractivity contribution in [2.75, 3.05) is 5.32 Å². The van der Waals surface area contributed by atoms with Crippen molar-refractivity contribution in [1.29, 1.82) is 0 Å². The topological polar surface area (TPSA) is 12.0 Å². The second-order valence-electron chi connectivity index (χ2n) is 4.56. The van der Waals surface area contributed by atoms with Gasteiger partial charge in [-0.25, -0.2) is 0 Å². The number of hydrogen-bond donors (Lipinski definition) is 1. The smallest absolute Gasteiger partial charge is 0.0422 e. The lowest BCUT2D eigenvalue weighted by Crippen LogP contribution is -2.17. The second kappa shape index (κ2) is 5.72. The van der Waals surface area contributed by atoms with Crippen LogP contribution in [0.5, 0.6) is 0 Å². The molecule has 0 bridgehead atoms. The molecular weight excluding hydrogens is 206 g/mol. The van der Waals surface area contributed by atoms with Crippen LogP contribution in [0.25, 0.3) is 10.8 Å². The number of nitrogens with one attached hydrogen (secondary N) is 1. The molecule has 0 saturated carbocycles. The van der Waals surface area contributed by atoms with E-state index >= 15 is 0 Å². The molecule has 0 radical (unpaired) electrons. The molecule has 0 aliphatic carbocycles. The Morgan fingerprint density at radius 2 is 1.76 bits per heavy atom. The van der Waals surface area contributed by atoms with Crippen molar-refractivity contribution >= 4 is 16.5 Å². The van der Waals surface area contributed by atoms with Crippen LogP contribution < -0.4 is 5.32 Å². The Balaban J connectivity index is 2.28. The van der Waals surface area contributed by atoms with E-state index in [1.807, 2.05) is 0 Å². The van der Waals surface area contributed by atoms with Gasteiger partial charge in [0.15, 0.2) is 0 Å². The van der Waals surface area contributed by atoms with E-state index in [1.165, 1.54) is 35.7 Å². The van der Waals surface area contributed by atoms with E-state index in [-0.39, 0.29) is 0 Å². The third-order valence-electron chi connectivity index (χ3n) is 3.28. The Labute approximate surface area is 104 Å². The fourth-order valence-corrected chi connectivity index (χ4v) is 2.30. The van der Waals surface area contributed by atoms with Gasteiger partial charge in [0.05, 0.1) is 0 Å². The normalized spacial score (nSPS) is 12.6. The number of hydrogen-bond acceptors (Lipinski definition) is 1. The molecule has 2 rings (SSSR count). The third-order valence-corrected chi connectivity index (χ3v) is 3.28. The first-order valence-electron chi connectivity index (χ1n) is 6.59. The molecule has 1 atom stereocenters. The quantitative estimate of drug-likeness (QED) is 0.771. The molecule has 17 heavy (non-hydrogen) atoms. The molecule has 0 aliphatic heterocycles. The zero-order valence-corrected chi connectivity index (χ0v) is 10.7. The fraction of sp³-hybridized carbons (Fsp3) is 0.375. The van der Waals surface area contributed by atoms with Crippen molar-refractivity contribution < 1.29 is 0 Å². The maximum Gasteiger partial charge on any atom is 0.0422 e. The van der Waals surface area contributed by atoms with E-state index < -0.39 is 0 Å². The van der Waals surface area contributed by atoms with Gasteiger partial charge in [0.25, 0.3) is 0 Å². The minimum atomic E-state index is 0.589. The van der Waals surface area contributed by atoms with Gasteiger partial charge in [0.2, 0.25) is 0 Å². The van der Waals surface area contributed by atoms with Crippen molar-refractivity contribution in [1.82, 2.24) is 0 Å². The number of anilines is 1. The summed E-state index contributed by atoms with van der Waals surface area (Å²) in [6.07, 6.45) is 3.65. The molecule has 1 nitrogen and oxygen atoms in total. The predicted molar refractivity (Wildman–Crippen MR) is 76.6 cm³/mol. The summed E-state index contributed by atoms with van der Waals surface area (Å²) in [6.45, 7) is 4.49. The van der Waals surface area contributed by atoms with Gasteiger partial charge in [0, 0.05) is 17.1 Å². The predicted octanol–water partition coefficient (Wildman–Crippen LogP) is 4.83. The van der Waals surface area contributed by atoms with Gasteiger partial charge >= 0.3 is 0 Å². The van der Waals surface area contributed by atoms with Gasteiger partial charge < -0.3 is 5.32 Å². The lowest BCUT2D eigenvalue weighted by Gasteiger charge is -2.18. The Bertz CT molecular complexity index is 470. The summed E-state index contributed by atoms with van der Waals surface area (Å²) in [6, 6.07) is 15.6. The number of rotatable bonds is 5. The van der Waals surface area contributed by atoms with Gasteiger partial charge in [0.1, 0.15) is 0 Å². The molecule has 0 aliphatic rings. The SMILES string of the molecule is CCCC(CC)Nc1cccc2ccccc12. The van der Waals surface area contributed by atoms with Crippen molar-refractivity contribution in [3.05, 3.63) is 42.5 Å². The molecule has 0 saturated heterocycles. The Morgan fingerprint density at radius 1 is 1.00 bits per heavy atom. The Kier molecular flexibility index (Phi) is 4.03. The largest absolute Gasteiger partial charge is 0.382 e. The van der Waals surface area contributed by atoms with Crippen LogP contribution in [0.3, 0.4) is 0 Å². The first-order valence-corrected chi connectivity index (χ1v) is 6.59. The van der Waals surface area contributed by atoms with Crippen LogP contribution in [0.1, 0.15) is 33.1 Å². The monoisotopic (exact) mass is 227 g/mol. The van der Waals surface area contributed by atoms with Crippen LogP contribution in [-0.4, -0.2) is 6.04 Å². The molecular formula is C16H21N. The molecule has 2 aromatic rings. The molecule has 0 spiro atoms. The van der Waals surface area contributed by atoms with E-state index in [0.717, 1.165) is 0 Å². The summed E-state index contributed by atoms with van der Waals surface area (Å²) in [7, 11) is 0. The number of fused-ring (bicyclic) bond motifs is 1. The first kappa shape index (κ1) is 12.0. The summed E-state index contributed by atoms with van der Waals surface area (Å²) < 4.78 is 0. The maximum atomic E-state index is 3.67. The number of benzene rings is 2. The molecule has 90 valence electrons. The molecule has 0 amide bonds. The van der Waals surface area contributed by atoms with Crippen LogP contribution in [0.15, 0.2) is 42.5 Å². The lowest BCUT2D eigenvalue weighted by molar-refractivity contribution is 0.623. The average molecular weight is 227 g/mol. The van der Waals surface area contributed by atoms with Crippen molar-refractivity contribution in [2.45, 2.75) is 39.2 Å². The zero-order chi connectivity index (χ0) is 12.1. The standard InChI is InChI=1S/C16H21N/c1-3-8-14(4-2)17-16-12-7-10-13-9-5-6-11-15(13)16/h5-7,9-12,14,17H,3-4,8H2,1-2H3. The molecule has 1 N–H and O–H groups in total. The van der Waals surface area contributed by atoms with E-state index in [2.05, 4.69) is 61.6 Å². The van der Waals surface area contributed by atoms with Crippen LogP contribution in [0.4, 0.5) is 5.69 Å². The van der Waals surface area contributed by atoms with Crippen LogP contribution in [-0.2, 0) is 0 Å². The van der Waals surface area contributed by atoms with Crippen molar-refractivity contribution in [3.8, 4) is 0 Å². The summed E-state index contributed by atoms with van der Waals surface area (Å²) in [5, 5.41) is 6.31. The Hall–Kier alpha value is -1.50. The maximum absolute atomic E-state index is 3.67. The lowest BCUT2D eigenvalue weighted by atomic mass is 10.1. The highest BCUT2D eigenvalue weighted by molar-refractivity contribution is 5.93. The summed E-state index contributed by atoms with van der Waals surface area (Å²) in [4.78, 5) is 0. The van der Waals surface area contributed by atoms with E-state index in [1.54, 1.807) is 0 Å². The van der Waals surface area contributed by atoms with Gasteiger partial charge in [-0.15, -0.1) is 0 Å². The highest BCUT2D eigenvalue weighted by Crippen LogP contribution is 2.24. The Morgan fingerprint density at radius 3 is 2.53 bits per heavy atom. The average Bonchev–Trinajstić information content (AvgIpc) is 2.38. The minimum absolute atomic E-state index is 0.589. The van der Waals surface area contributed by atoms with E-state index in [4.69, 9.17) is 0 Å². The molecule has 0 fully saturated rings. The first-order chi connectivity index (χ1) is 8.35. The highest BCUT2D eigenvalue weighted by Gasteiger charge is 2.06. The van der Waals surface area contributed by atoms with Crippen LogP contribution in [0.2, 0.25) is 0 Å². The van der Waals surface area contributed by atoms with Crippen molar-refractivity contribution in [2.24, 2.45) is 0 Å². The zero-order valence-electron chi connectivity index (χ0n) is 10.7. The van der Waals surface area contributed by atoms with Gasteiger partial charge in [-0.3, -0.25) is 0 Å². The van der Waals surface area contributed by atoms with Crippen molar-refractivity contribution in [3.63, 3.8) is 0 Å². The molecule has 1 unspecified atom stereocenters. The third kappa shape index (κ3) is 2.79. The van der Waals surface area contributed by atoms with Gasteiger partial charge in [-0.2, -0.15) is 0 Å². The minimum Gasteiger partial charge on any atom is -0.382 e. The molecule has 0 heterocycles. The summed E-state index contributed by atoms with van der Waals surface area (Å²) in [5.41, 5.74) is 1.27. The van der Waals surface area contributed by atoms with Gasteiger partial charge in [-0.05, 0) is 24.3 Å². The van der Waals surface area contributed by atoms with Crippen LogP contribution >= 0.6 is 0 Å².